The zero-order valence-corrected chi connectivity index (χ0v) is 10.6. The normalized spacial score (nSPS) is 9.83. The molecule has 92 valence electrons. The first-order chi connectivity index (χ1) is 8.70. The number of benzene rings is 2. The molecule has 0 saturated carbocycles. The first kappa shape index (κ1) is 12.4. The van der Waals surface area contributed by atoms with E-state index in [4.69, 9.17) is 4.52 Å². The van der Waals surface area contributed by atoms with E-state index in [2.05, 4.69) is 14.8 Å². The van der Waals surface area contributed by atoms with Crippen LogP contribution in [0.3, 0.4) is 0 Å². The molecule has 0 aliphatic rings. The highest BCUT2D eigenvalue weighted by Gasteiger charge is 2.08. The number of hydrogen-bond donors (Lipinski definition) is 2. The summed E-state index contributed by atoms with van der Waals surface area (Å²) in [4.78, 5) is 11.9. The van der Waals surface area contributed by atoms with Crippen LogP contribution in [0, 0.1) is 0 Å². The Morgan fingerprint density at radius 1 is 1.11 bits per heavy atom. The highest BCUT2D eigenvalue weighted by atomic mass is 31.0. The number of amides is 1. The van der Waals surface area contributed by atoms with Crippen LogP contribution in [0.15, 0.2) is 48.5 Å². The van der Waals surface area contributed by atoms with Gasteiger partial charge in [0.05, 0.1) is 15.2 Å². The average molecular weight is 261 g/mol. The summed E-state index contributed by atoms with van der Waals surface area (Å²) in [5, 5.41) is 12.2. The van der Waals surface area contributed by atoms with Crippen LogP contribution in [-0.4, -0.2) is 11.0 Å². The van der Waals surface area contributed by atoms with Crippen LogP contribution < -0.4 is 9.84 Å². The van der Waals surface area contributed by atoms with Crippen molar-refractivity contribution in [3.05, 3.63) is 54.1 Å². The van der Waals surface area contributed by atoms with E-state index < -0.39 is 0 Å². The minimum atomic E-state index is -0.285. The molecule has 0 spiro atoms. The molecule has 2 rings (SSSR count). The van der Waals surface area contributed by atoms with Gasteiger partial charge in [-0.1, -0.05) is 12.1 Å². The monoisotopic (exact) mass is 261 g/mol. The highest BCUT2D eigenvalue weighted by Crippen LogP contribution is 2.22. The van der Waals surface area contributed by atoms with Crippen molar-refractivity contribution >= 4 is 21.1 Å². The zero-order chi connectivity index (χ0) is 13.0. The smallest absolute Gasteiger partial charge is 0.255 e. The van der Waals surface area contributed by atoms with Gasteiger partial charge < -0.3 is 14.9 Å². The molecule has 0 heterocycles. The molecule has 18 heavy (non-hydrogen) atoms. The summed E-state index contributed by atoms with van der Waals surface area (Å²) in [7, 11) is 2.14. The van der Waals surface area contributed by atoms with Crippen LogP contribution in [0.2, 0.25) is 0 Å². The molecular formula is C13H12NO3P. The average Bonchev–Trinajstić information content (AvgIpc) is 2.41. The molecular weight excluding hydrogens is 249 g/mol. The van der Waals surface area contributed by atoms with E-state index in [0.717, 1.165) is 0 Å². The maximum atomic E-state index is 11.9. The van der Waals surface area contributed by atoms with E-state index in [0.29, 0.717) is 17.0 Å². The lowest BCUT2D eigenvalue weighted by molar-refractivity contribution is 0.102. The number of anilines is 1. The van der Waals surface area contributed by atoms with E-state index in [-0.39, 0.29) is 11.7 Å². The minimum absolute atomic E-state index is 0.0377. The number of aromatic hydroxyl groups is 1. The lowest BCUT2D eigenvalue weighted by atomic mass is 10.2. The third kappa shape index (κ3) is 2.79. The summed E-state index contributed by atoms with van der Waals surface area (Å²) in [5.41, 5.74) is 0.873. The van der Waals surface area contributed by atoms with Crippen molar-refractivity contribution in [1.29, 1.82) is 0 Å². The number of carbonyl (C=O) groups is 1. The first-order valence-corrected chi connectivity index (χ1v) is 5.74. The van der Waals surface area contributed by atoms with Gasteiger partial charge in [0.1, 0.15) is 11.5 Å². The van der Waals surface area contributed by atoms with Crippen molar-refractivity contribution in [3.63, 3.8) is 0 Å². The van der Waals surface area contributed by atoms with Gasteiger partial charge in [0.15, 0.2) is 0 Å². The fourth-order valence-electron chi connectivity index (χ4n) is 1.46. The summed E-state index contributed by atoms with van der Waals surface area (Å²) in [6.45, 7) is 0. The van der Waals surface area contributed by atoms with E-state index in [1.54, 1.807) is 42.5 Å². The van der Waals surface area contributed by atoms with Crippen molar-refractivity contribution in [2.45, 2.75) is 0 Å². The number of rotatable bonds is 3. The maximum Gasteiger partial charge on any atom is 0.255 e. The summed E-state index contributed by atoms with van der Waals surface area (Å²) in [6, 6.07) is 13.2. The highest BCUT2D eigenvalue weighted by molar-refractivity contribution is 7.10. The van der Waals surface area contributed by atoms with E-state index in [1.807, 2.05) is 0 Å². The second-order valence-electron chi connectivity index (χ2n) is 3.61. The summed E-state index contributed by atoms with van der Waals surface area (Å²) < 4.78 is 4.93. The van der Waals surface area contributed by atoms with Gasteiger partial charge in [0.25, 0.3) is 5.91 Å². The molecule has 4 nitrogen and oxygen atoms in total. The standard InChI is InChI=1S/C13H12NO3P/c15-12-4-2-1-3-11(12)14-13(16)9-5-7-10(17-18)8-6-9/h1-8,15H,18H2,(H,14,16). The Labute approximate surface area is 107 Å². The maximum absolute atomic E-state index is 11.9. The van der Waals surface area contributed by atoms with Gasteiger partial charge in [-0.3, -0.25) is 4.79 Å². The van der Waals surface area contributed by atoms with Crippen molar-refractivity contribution < 1.29 is 14.4 Å². The van der Waals surface area contributed by atoms with Crippen molar-refractivity contribution in [1.82, 2.24) is 0 Å². The molecule has 0 aliphatic heterocycles. The van der Waals surface area contributed by atoms with Gasteiger partial charge in [-0.25, -0.2) is 0 Å². The fraction of sp³-hybridized carbons (Fsp3) is 0. The van der Waals surface area contributed by atoms with Crippen molar-refractivity contribution in [2.75, 3.05) is 5.32 Å². The van der Waals surface area contributed by atoms with Gasteiger partial charge in [-0.05, 0) is 36.4 Å². The van der Waals surface area contributed by atoms with Crippen molar-refractivity contribution in [2.24, 2.45) is 0 Å². The second kappa shape index (κ2) is 5.52. The predicted molar refractivity (Wildman–Crippen MR) is 72.8 cm³/mol. The van der Waals surface area contributed by atoms with Gasteiger partial charge in [0, 0.05) is 5.56 Å². The quantitative estimate of drug-likeness (QED) is 0.659. The Bertz CT molecular complexity index is 554. The Kier molecular flexibility index (Phi) is 3.80. The number of phenolic OH excluding ortho intramolecular Hbond substituents is 1. The molecule has 1 unspecified atom stereocenters. The molecule has 1 amide bonds. The molecule has 2 aromatic carbocycles. The van der Waals surface area contributed by atoms with Gasteiger partial charge in [0.2, 0.25) is 0 Å². The predicted octanol–water partition coefficient (Wildman–Crippen LogP) is 2.81. The molecule has 0 radical (unpaired) electrons. The molecule has 2 aromatic rings. The lowest BCUT2D eigenvalue weighted by Gasteiger charge is -2.07. The second-order valence-corrected chi connectivity index (χ2v) is 3.85. The van der Waals surface area contributed by atoms with E-state index in [1.165, 1.54) is 6.07 Å². The molecule has 0 aliphatic carbocycles. The Morgan fingerprint density at radius 2 is 1.78 bits per heavy atom. The van der Waals surface area contributed by atoms with Crippen molar-refractivity contribution in [3.8, 4) is 11.5 Å². The Morgan fingerprint density at radius 3 is 2.39 bits per heavy atom. The Hall–Kier alpha value is -2.06. The number of nitrogens with one attached hydrogen (secondary N) is 1. The van der Waals surface area contributed by atoms with Crippen LogP contribution in [0.4, 0.5) is 5.69 Å². The lowest BCUT2D eigenvalue weighted by Crippen LogP contribution is -2.11. The van der Waals surface area contributed by atoms with E-state index >= 15 is 0 Å². The SMILES string of the molecule is O=C(Nc1ccccc1O)c1ccc(OP)cc1. The molecule has 5 heteroatoms. The molecule has 2 N–H and O–H groups in total. The zero-order valence-electron chi connectivity index (χ0n) is 9.46. The van der Waals surface area contributed by atoms with Crippen LogP contribution in [0.25, 0.3) is 0 Å². The molecule has 0 bridgehead atoms. The third-order valence-corrected chi connectivity index (χ3v) is 2.68. The minimum Gasteiger partial charge on any atom is -0.506 e. The molecule has 0 fully saturated rings. The molecule has 0 saturated heterocycles. The molecule has 1 atom stereocenters. The van der Waals surface area contributed by atoms with Gasteiger partial charge >= 0.3 is 0 Å². The van der Waals surface area contributed by atoms with E-state index in [9.17, 15) is 9.90 Å². The van der Waals surface area contributed by atoms with Gasteiger partial charge in [-0.15, -0.1) is 0 Å². The number of hydrogen-bond acceptors (Lipinski definition) is 3. The van der Waals surface area contributed by atoms with Crippen LogP contribution in [-0.2, 0) is 0 Å². The van der Waals surface area contributed by atoms with Crippen LogP contribution in [0.1, 0.15) is 10.4 Å². The van der Waals surface area contributed by atoms with Crippen LogP contribution >= 0.6 is 9.47 Å². The first-order valence-electron chi connectivity index (χ1n) is 5.27. The van der Waals surface area contributed by atoms with Gasteiger partial charge in [-0.2, -0.15) is 0 Å². The largest absolute Gasteiger partial charge is 0.506 e. The number of carbonyl (C=O) groups excluding carboxylic acids is 1. The van der Waals surface area contributed by atoms with Crippen LogP contribution in [0.5, 0.6) is 11.5 Å². The number of para-hydroxylation sites is 2. The topological polar surface area (TPSA) is 58.6 Å². The fourth-order valence-corrected chi connectivity index (χ4v) is 1.62. The summed E-state index contributed by atoms with van der Waals surface area (Å²) in [6.07, 6.45) is 0. The summed E-state index contributed by atoms with van der Waals surface area (Å²) in [5.74, 6) is 0.404. The summed E-state index contributed by atoms with van der Waals surface area (Å²) >= 11 is 0. The number of phenols is 1. The third-order valence-electron chi connectivity index (χ3n) is 2.40. The Balaban J connectivity index is 2.14. The molecule has 0 aromatic heterocycles.